The number of hydrogen-bond donors (Lipinski definition) is 2. The van der Waals surface area contributed by atoms with Gasteiger partial charge in [-0.2, -0.15) is 0 Å². The maximum Gasteiger partial charge on any atom is 0.239 e. The van der Waals surface area contributed by atoms with Gasteiger partial charge in [0.2, 0.25) is 11.8 Å². The van der Waals surface area contributed by atoms with E-state index in [0.29, 0.717) is 17.3 Å². The molecule has 0 aliphatic carbocycles. The Labute approximate surface area is 152 Å². The molecular formula is C18H22ClN3O3. The predicted molar refractivity (Wildman–Crippen MR) is 96.1 cm³/mol. The summed E-state index contributed by atoms with van der Waals surface area (Å²) in [5, 5.41) is 6.53. The zero-order chi connectivity index (χ0) is 18.2. The van der Waals surface area contributed by atoms with Gasteiger partial charge in [-0.15, -0.1) is 0 Å². The topological polar surface area (TPSA) is 74.6 Å². The summed E-state index contributed by atoms with van der Waals surface area (Å²) in [6, 6.07) is 11.0. The van der Waals surface area contributed by atoms with Crippen molar-refractivity contribution >= 4 is 23.4 Å². The molecule has 0 fully saturated rings. The average Bonchev–Trinajstić information content (AvgIpc) is 3.11. The SMILES string of the molecule is C[C@@H](NCC(=O)N(C)CC(=O)NCc1ccco1)c1ccc(Cl)cc1. The van der Waals surface area contributed by atoms with Gasteiger partial charge in [0.15, 0.2) is 0 Å². The molecule has 2 amide bonds. The Morgan fingerprint density at radius 3 is 2.60 bits per heavy atom. The number of nitrogens with zero attached hydrogens (tertiary/aromatic N) is 1. The summed E-state index contributed by atoms with van der Waals surface area (Å²) in [4.78, 5) is 25.4. The van der Waals surface area contributed by atoms with Crippen LogP contribution in [0.25, 0.3) is 0 Å². The second kappa shape index (κ2) is 9.25. The molecule has 0 aliphatic heterocycles. The number of nitrogens with one attached hydrogen (secondary N) is 2. The van der Waals surface area contributed by atoms with Crippen LogP contribution in [0.15, 0.2) is 47.1 Å². The number of hydrogen-bond acceptors (Lipinski definition) is 4. The van der Waals surface area contributed by atoms with Crippen LogP contribution in [0.4, 0.5) is 0 Å². The van der Waals surface area contributed by atoms with E-state index in [-0.39, 0.29) is 30.9 Å². The summed E-state index contributed by atoms with van der Waals surface area (Å²) in [7, 11) is 1.60. The zero-order valence-electron chi connectivity index (χ0n) is 14.3. The van der Waals surface area contributed by atoms with Crippen LogP contribution in [-0.2, 0) is 16.1 Å². The fraction of sp³-hybridized carbons (Fsp3) is 0.333. The maximum absolute atomic E-state index is 12.1. The van der Waals surface area contributed by atoms with Gasteiger partial charge in [0.25, 0.3) is 0 Å². The van der Waals surface area contributed by atoms with Crippen LogP contribution in [-0.4, -0.2) is 36.9 Å². The van der Waals surface area contributed by atoms with E-state index in [1.54, 1.807) is 25.4 Å². The molecule has 0 radical (unpaired) electrons. The van der Waals surface area contributed by atoms with Gasteiger partial charge >= 0.3 is 0 Å². The van der Waals surface area contributed by atoms with Crippen molar-refractivity contribution in [3.8, 4) is 0 Å². The number of carbonyl (C=O) groups excluding carboxylic acids is 2. The van der Waals surface area contributed by atoms with Crippen molar-refractivity contribution in [2.45, 2.75) is 19.5 Å². The number of amides is 2. The molecule has 2 N–H and O–H groups in total. The summed E-state index contributed by atoms with van der Waals surface area (Å²) in [6.45, 7) is 2.41. The number of carbonyl (C=O) groups is 2. The molecule has 7 heteroatoms. The minimum absolute atomic E-state index is 0.00222. The molecule has 1 aromatic heterocycles. The molecule has 0 saturated carbocycles. The van der Waals surface area contributed by atoms with Crippen LogP contribution >= 0.6 is 11.6 Å². The molecular weight excluding hydrogens is 342 g/mol. The summed E-state index contributed by atoms with van der Waals surface area (Å²) in [5.41, 5.74) is 1.04. The summed E-state index contributed by atoms with van der Waals surface area (Å²) >= 11 is 5.87. The Bertz CT molecular complexity index is 686. The number of furan rings is 1. The van der Waals surface area contributed by atoms with Crippen LogP contribution in [0, 0.1) is 0 Å². The molecule has 1 atom stereocenters. The molecule has 134 valence electrons. The third kappa shape index (κ3) is 6.25. The summed E-state index contributed by atoms with van der Waals surface area (Å²) < 4.78 is 5.14. The molecule has 0 saturated heterocycles. The molecule has 2 rings (SSSR count). The highest BCUT2D eigenvalue weighted by Crippen LogP contribution is 2.15. The molecule has 0 bridgehead atoms. The number of likely N-dealkylation sites (N-methyl/N-ethyl adjacent to an activating group) is 1. The lowest BCUT2D eigenvalue weighted by atomic mass is 10.1. The Morgan fingerprint density at radius 1 is 1.24 bits per heavy atom. The quantitative estimate of drug-likeness (QED) is 0.755. The average molecular weight is 364 g/mol. The van der Waals surface area contributed by atoms with Gasteiger partial charge in [-0.3, -0.25) is 9.59 Å². The Hall–Kier alpha value is -2.31. The first-order chi connectivity index (χ1) is 12.0. The lowest BCUT2D eigenvalue weighted by molar-refractivity contribution is -0.134. The van der Waals surface area contributed by atoms with E-state index in [4.69, 9.17) is 16.0 Å². The van der Waals surface area contributed by atoms with Crippen molar-refractivity contribution in [1.82, 2.24) is 15.5 Å². The monoisotopic (exact) mass is 363 g/mol. The van der Waals surface area contributed by atoms with Gasteiger partial charge < -0.3 is 20.0 Å². The van der Waals surface area contributed by atoms with Crippen molar-refractivity contribution in [1.29, 1.82) is 0 Å². The van der Waals surface area contributed by atoms with E-state index < -0.39 is 0 Å². The third-order valence-corrected chi connectivity index (χ3v) is 4.03. The van der Waals surface area contributed by atoms with Crippen LogP contribution in [0.1, 0.15) is 24.3 Å². The summed E-state index contributed by atoms with van der Waals surface area (Å²) in [6.07, 6.45) is 1.55. The molecule has 6 nitrogen and oxygen atoms in total. The lowest BCUT2D eigenvalue weighted by Crippen LogP contribution is -2.42. The largest absolute Gasteiger partial charge is 0.467 e. The van der Waals surface area contributed by atoms with E-state index >= 15 is 0 Å². The van der Waals surface area contributed by atoms with E-state index in [1.165, 1.54) is 4.90 Å². The van der Waals surface area contributed by atoms with E-state index in [0.717, 1.165) is 5.56 Å². The molecule has 0 spiro atoms. The molecule has 1 heterocycles. The van der Waals surface area contributed by atoms with Gasteiger partial charge in [0, 0.05) is 18.1 Å². The third-order valence-electron chi connectivity index (χ3n) is 3.78. The van der Waals surface area contributed by atoms with Gasteiger partial charge in [0.1, 0.15) is 5.76 Å². The first-order valence-electron chi connectivity index (χ1n) is 7.97. The predicted octanol–water partition coefficient (Wildman–Crippen LogP) is 2.36. The van der Waals surface area contributed by atoms with E-state index in [9.17, 15) is 9.59 Å². The second-order valence-corrected chi connectivity index (χ2v) is 6.20. The smallest absolute Gasteiger partial charge is 0.239 e. The van der Waals surface area contributed by atoms with Crippen molar-refractivity contribution < 1.29 is 14.0 Å². The van der Waals surface area contributed by atoms with Gasteiger partial charge in [-0.05, 0) is 36.8 Å². The Kier molecular flexibility index (Phi) is 7.03. The van der Waals surface area contributed by atoms with Gasteiger partial charge in [-0.25, -0.2) is 0 Å². The van der Waals surface area contributed by atoms with Crippen molar-refractivity contribution in [2.24, 2.45) is 0 Å². The number of benzene rings is 1. The van der Waals surface area contributed by atoms with Crippen molar-refractivity contribution in [3.05, 3.63) is 59.0 Å². The highest BCUT2D eigenvalue weighted by atomic mass is 35.5. The molecule has 25 heavy (non-hydrogen) atoms. The Balaban J connectivity index is 1.72. The lowest BCUT2D eigenvalue weighted by Gasteiger charge is -2.19. The number of rotatable bonds is 8. The molecule has 0 aliphatic rings. The highest BCUT2D eigenvalue weighted by Gasteiger charge is 2.14. The summed E-state index contributed by atoms with van der Waals surface area (Å²) in [5.74, 6) is 0.271. The maximum atomic E-state index is 12.1. The Morgan fingerprint density at radius 2 is 1.96 bits per heavy atom. The molecule has 1 aromatic carbocycles. The highest BCUT2D eigenvalue weighted by molar-refractivity contribution is 6.30. The fourth-order valence-corrected chi connectivity index (χ4v) is 2.33. The van der Waals surface area contributed by atoms with E-state index in [1.807, 2.05) is 31.2 Å². The first kappa shape index (κ1) is 19.0. The normalized spacial score (nSPS) is 11.8. The minimum atomic E-state index is -0.238. The van der Waals surface area contributed by atoms with Crippen LogP contribution in [0.2, 0.25) is 5.02 Å². The van der Waals surface area contributed by atoms with Crippen LogP contribution in [0.3, 0.4) is 0 Å². The molecule has 0 unspecified atom stereocenters. The number of halogens is 1. The van der Waals surface area contributed by atoms with Crippen molar-refractivity contribution in [3.63, 3.8) is 0 Å². The second-order valence-electron chi connectivity index (χ2n) is 5.76. The molecule has 2 aromatic rings. The zero-order valence-corrected chi connectivity index (χ0v) is 15.0. The minimum Gasteiger partial charge on any atom is -0.467 e. The fourth-order valence-electron chi connectivity index (χ4n) is 2.20. The first-order valence-corrected chi connectivity index (χ1v) is 8.35. The van der Waals surface area contributed by atoms with Crippen LogP contribution in [0.5, 0.6) is 0 Å². The standard InChI is InChI=1S/C18H22ClN3O3/c1-13(14-5-7-15(19)8-6-14)20-11-18(24)22(2)12-17(23)21-10-16-4-3-9-25-16/h3-9,13,20H,10-12H2,1-2H3,(H,21,23)/t13-/m1/s1. The van der Waals surface area contributed by atoms with Crippen molar-refractivity contribution in [2.75, 3.05) is 20.1 Å². The van der Waals surface area contributed by atoms with Gasteiger partial charge in [0.05, 0.1) is 25.9 Å². The van der Waals surface area contributed by atoms with Gasteiger partial charge in [-0.1, -0.05) is 23.7 Å². The van der Waals surface area contributed by atoms with Crippen LogP contribution < -0.4 is 10.6 Å². The van der Waals surface area contributed by atoms with E-state index in [2.05, 4.69) is 10.6 Å².